The lowest BCUT2D eigenvalue weighted by molar-refractivity contribution is -0.328. The van der Waals surface area contributed by atoms with Crippen molar-refractivity contribution in [1.82, 2.24) is 15.5 Å². The number of rotatable bonds is 19. The number of aliphatic hydroxyl groups excluding tert-OH is 1. The number of hydrogen-bond donors (Lipinski definition) is 9. The summed E-state index contributed by atoms with van der Waals surface area (Å²) in [5.74, 6) is -9.58. The number of carbonyl (C=O) groups excluding carboxylic acids is 3. The molecule has 2 aromatic carbocycles. The van der Waals surface area contributed by atoms with Crippen molar-refractivity contribution in [2.75, 3.05) is 19.7 Å². The number of aliphatic hydroxyl groups is 7. The van der Waals surface area contributed by atoms with Gasteiger partial charge >= 0.3 is 18.0 Å². The minimum absolute atomic E-state index is 0.0688. The molecular weight excluding hydrogens is 638 g/mol. The maximum absolute atomic E-state index is 13.6. The van der Waals surface area contributed by atoms with Crippen molar-refractivity contribution >= 4 is 17.7 Å². The van der Waals surface area contributed by atoms with Gasteiger partial charge in [-0.15, -0.1) is 6.58 Å². The van der Waals surface area contributed by atoms with Crippen molar-refractivity contribution in [3.8, 4) is 5.75 Å². The lowest BCUT2D eigenvalue weighted by atomic mass is 9.85. The zero-order chi connectivity index (χ0) is 36.4. The van der Waals surface area contributed by atoms with Crippen LogP contribution in [-0.4, -0.2) is 96.3 Å². The number of carbonyl (C=O) groups is 3. The van der Waals surface area contributed by atoms with Crippen molar-refractivity contribution in [2.45, 2.75) is 82.5 Å². The third-order valence-corrected chi connectivity index (χ3v) is 8.43. The summed E-state index contributed by atoms with van der Waals surface area (Å²) in [6.45, 7) is 7.68. The molecule has 3 amide bonds. The first kappa shape index (κ1) is 39.5. The minimum atomic E-state index is -3.51. The van der Waals surface area contributed by atoms with Crippen molar-refractivity contribution in [3.63, 3.8) is 0 Å². The zero-order valence-electron chi connectivity index (χ0n) is 27.9. The Morgan fingerprint density at radius 3 is 2.20 bits per heavy atom. The second kappa shape index (κ2) is 17.7. The van der Waals surface area contributed by atoms with Crippen LogP contribution in [0.2, 0.25) is 0 Å². The van der Waals surface area contributed by atoms with Gasteiger partial charge in [0.05, 0.1) is 17.2 Å². The van der Waals surface area contributed by atoms with Crippen LogP contribution in [0.25, 0.3) is 0 Å². The highest BCUT2D eigenvalue weighted by atomic mass is 16.7. The summed E-state index contributed by atoms with van der Waals surface area (Å²) in [4.78, 5) is 41.0. The molecule has 0 spiro atoms. The number of amides is 3. The highest BCUT2D eigenvalue weighted by Gasteiger charge is 2.37. The smallest absolute Gasteiger partial charge is 0.318 e. The molecule has 0 bridgehead atoms. The normalized spacial score (nSPS) is 16.4. The summed E-state index contributed by atoms with van der Waals surface area (Å²) in [6.07, 6.45) is 2.33. The molecule has 4 atom stereocenters. The number of Topliss-reactive ketones (excluding diaryl/α,β-unsaturated/α-hetero) is 1. The number of para-hydroxylation sites is 1. The summed E-state index contributed by atoms with van der Waals surface area (Å²) in [5.41, 5.74) is -0.697. The second-order valence-electron chi connectivity index (χ2n) is 12.8. The van der Waals surface area contributed by atoms with E-state index in [1.807, 2.05) is 44.2 Å². The third kappa shape index (κ3) is 11.6. The van der Waals surface area contributed by atoms with Gasteiger partial charge in [0, 0.05) is 25.6 Å². The van der Waals surface area contributed by atoms with Gasteiger partial charge in [0.1, 0.15) is 18.4 Å². The number of benzene rings is 2. The Morgan fingerprint density at radius 1 is 1.02 bits per heavy atom. The minimum Gasteiger partial charge on any atom is -0.485 e. The Balaban J connectivity index is 1.82. The fourth-order valence-corrected chi connectivity index (χ4v) is 6.04. The van der Waals surface area contributed by atoms with Gasteiger partial charge in [0.2, 0.25) is 5.91 Å². The van der Waals surface area contributed by atoms with E-state index in [1.54, 1.807) is 6.08 Å². The lowest BCUT2D eigenvalue weighted by Gasteiger charge is -2.37. The maximum Gasteiger partial charge on any atom is 0.318 e. The Bertz CT molecular complexity index is 1370. The molecule has 3 rings (SSSR count). The van der Waals surface area contributed by atoms with Crippen molar-refractivity contribution in [3.05, 3.63) is 77.9 Å². The average Bonchev–Trinajstić information content (AvgIpc) is 3.02. The molecule has 14 nitrogen and oxygen atoms in total. The number of ketones is 1. The molecule has 1 saturated heterocycles. The number of hydrogen-bond acceptors (Lipinski definition) is 11. The summed E-state index contributed by atoms with van der Waals surface area (Å²) >= 11 is 0. The number of allylic oxidation sites excluding steroid dienone is 1. The van der Waals surface area contributed by atoms with E-state index in [-0.39, 0.29) is 37.1 Å². The monoisotopic (exact) mass is 687 g/mol. The van der Waals surface area contributed by atoms with Gasteiger partial charge in [-0.3, -0.25) is 9.59 Å². The number of nitrogens with zero attached hydrogens (tertiary/aromatic N) is 1. The molecule has 1 aliphatic heterocycles. The highest BCUT2D eigenvalue weighted by molar-refractivity contribution is 5.87. The topological polar surface area (TPSA) is 229 Å². The van der Waals surface area contributed by atoms with E-state index in [0.717, 1.165) is 23.8 Å². The molecule has 49 heavy (non-hydrogen) atoms. The predicted octanol–water partition coefficient (Wildman–Crippen LogP) is 0.700. The summed E-state index contributed by atoms with van der Waals surface area (Å²) < 4.78 is 5.42. The van der Waals surface area contributed by atoms with Crippen LogP contribution in [0.5, 0.6) is 5.75 Å². The average molecular weight is 688 g/mol. The molecule has 0 aliphatic carbocycles. The predicted molar refractivity (Wildman–Crippen MR) is 177 cm³/mol. The van der Waals surface area contributed by atoms with E-state index in [4.69, 9.17) is 4.74 Å². The van der Waals surface area contributed by atoms with Gasteiger partial charge in [-0.2, -0.15) is 0 Å². The molecule has 1 aliphatic rings. The van der Waals surface area contributed by atoms with Gasteiger partial charge < -0.3 is 56.0 Å². The Labute approximate surface area is 285 Å². The van der Waals surface area contributed by atoms with Crippen LogP contribution < -0.4 is 15.4 Å². The molecule has 14 heteroatoms. The van der Waals surface area contributed by atoms with Crippen LogP contribution in [0.1, 0.15) is 62.6 Å². The molecule has 1 fully saturated rings. The Kier molecular flexibility index (Phi) is 14.3. The van der Waals surface area contributed by atoms with Crippen LogP contribution in [0.4, 0.5) is 4.79 Å². The van der Waals surface area contributed by atoms with Gasteiger partial charge in [-0.1, -0.05) is 56.3 Å². The van der Waals surface area contributed by atoms with Crippen LogP contribution in [-0.2, 0) is 28.0 Å². The van der Waals surface area contributed by atoms with E-state index < -0.39 is 65.3 Å². The van der Waals surface area contributed by atoms with Gasteiger partial charge in [0.25, 0.3) is 0 Å². The molecule has 270 valence electrons. The maximum atomic E-state index is 13.6. The van der Waals surface area contributed by atoms with Gasteiger partial charge in [0.15, 0.2) is 5.78 Å². The molecule has 9 N–H and O–H groups in total. The molecular formula is C35H49N3O11. The van der Waals surface area contributed by atoms with Crippen LogP contribution >= 0.6 is 0 Å². The molecule has 1 heterocycles. The van der Waals surface area contributed by atoms with E-state index in [2.05, 4.69) is 17.2 Å². The first-order valence-corrected chi connectivity index (χ1v) is 16.3. The van der Waals surface area contributed by atoms with E-state index in [9.17, 15) is 50.1 Å². The summed E-state index contributed by atoms with van der Waals surface area (Å²) in [6, 6.07) is 10.6. The highest BCUT2D eigenvalue weighted by Crippen LogP contribution is 2.35. The first-order valence-electron chi connectivity index (χ1n) is 16.3. The number of ether oxygens (including phenoxy) is 1. The van der Waals surface area contributed by atoms with Crippen LogP contribution in [0.15, 0.2) is 61.2 Å². The Morgan fingerprint density at radius 2 is 1.65 bits per heavy atom. The van der Waals surface area contributed by atoms with Crippen molar-refractivity contribution < 1.29 is 54.9 Å². The van der Waals surface area contributed by atoms with Crippen LogP contribution in [0.3, 0.4) is 0 Å². The summed E-state index contributed by atoms with van der Waals surface area (Å²) in [5, 5.41) is 76.0. The largest absolute Gasteiger partial charge is 0.485 e. The lowest BCUT2D eigenvalue weighted by Crippen LogP contribution is -2.59. The second-order valence-corrected chi connectivity index (χ2v) is 12.8. The van der Waals surface area contributed by atoms with E-state index in [1.165, 1.54) is 4.90 Å². The Hall–Kier alpha value is -3.89. The molecule has 0 aromatic heterocycles. The number of nitrogens with one attached hydrogen (secondary N) is 2. The van der Waals surface area contributed by atoms with Crippen molar-refractivity contribution in [2.24, 2.45) is 11.8 Å². The molecule has 0 radical (unpaired) electrons. The molecule has 0 saturated carbocycles. The zero-order valence-corrected chi connectivity index (χ0v) is 27.9. The van der Waals surface area contributed by atoms with Gasteiger partial charge in [-0.25, -0.2) is 4.79 Å². The van der Waals surface area contributed by atoms with E-state index >= 15 is 0 Å². The third-order valence-electron chi connectivity index (χ3n) is 8.43. The molecule has 4 unspecified atom stereocenters. The van der Waals surface area contributed by atoms with Crippen LogP contribution in [0, 0.1) is 11.8 Å². The standard InChI is InChI=1S/C35H49N3O11/c1-4-5-13-25(37-32(41)30(22(2)3)38-17-10-16-36-33(38)42)20-29(40)24(18-23-11-7-6-8-12-23)19-26(39)21-49-31-27(34(43,44)45)14-9-15-28(31)35(46,47)48/h4,6-9,11-12,14-15,22,24-25,29-30,40,43-48H,1,5,10,13,16-21H2,2-3H3,(H,36,42)(H,37,41). The first-order chi connectivity index (χ1) is 23.0. The van der Waals surface area contributed by atoms with E-state index in [0.29, 0.717) is 32.4 Å². The number of urea groups is 1. The van der Waals surface area contributed by atoms with Gasteiger partial charge in [-0.05, 0) is 61.6 Å². The fraction of sp³-hybridized carbons (Fsp3) is 0.514. The SMILES string of the molecule is C=CCCC(CC(O)C(CC(=O)COc1c(C(O)(O)O)cccc1C(O)(O)O)Cc1ccccc1)NC(=O)C(C(C)C)N1CCCNC1=O. The summed E-state index contributed by atoms with van der Waals surface area (Å²) in [7, 11) is 0. The quantitative estimate of drug-likeness (QED) is 0.0737. The van der Waals surface area contributed by atoms with Crippen molar-refractivity contribution in [1.29, 1.82) is 0 Å². The fourth-order valence-electron chi connectivity index (χ4n) is 6.04. The molecule has 2 aromatic rings.